The lowest BCUT2D eigenvalue weighted by atomic mass is 9.97. The van der Waals surface area contributed by atoms with Gasteiger partial charge < -0.3 is 15.0 Å². The minimum Gasteiger partial charge on any atom is -0.377 e. The molecule has 0 aliphatic heterocycles. The molecular formula is C10H17N3O. The van der Waals surface area contributed by atoms with Gasteiger partial charge in [-0.05, 0) is 12.8 Å². The molecule has 0 amide bonds. The standard InChI is InChI=1S/C10H17N3O/c1-13-9-5-7(11)3-4-8(9)12-10(13)6-14-2/h7H,3-6,11H2,1-2H3. The first-order valence-corrected chi connectivity index (χ1v) is 5.00. The van der Waals surface area contributed by atoms with Crippen molar-refractivity contribution in [3.8, 4) is 0 Å². The molecule has 1 aliphatic rings. The molecule has 4 nitrogen and oxygen atoms in total. The largest absolute Gasteiger partial charge is 0.377 e. The lowest BCUT2D eigenvalue weighted by Gasteiger charge is -2.18. The topological polar surface area (TPSA) is 53.1 Å². The number of imidazole rings is 1. The van der Waals surface area contributed by atoms with E-state index in [-0.39, 0.29) is 0 Å². The molecule has 1 aliphatic carbocycles. The van der Waals surface area contributed by atoms with Gasteiger partial charge in [-0.25, -0.2) is 4.98 Å². The number of hydrogen-bond acceptors (Lipinski definition) is 3. The molecular weight excluding hydrogens is 178 g/mol. The van der Waals surface area contributed by atoms with Crippen molar-refractivity contribution < 1.29 is 4.74 Å². The van der Waals surface area contributed by atoms with Crippen LogP contribution in [0, 0.1) is 0 Å². The lowest BCUT2D eigenvalue weighted by molar-refractivity contribution is 0.175. The third kappa shape index (κ3) is 1.55. The van der Waals surface area contributed by atoms with E-state index in [1.807, 2.05) is 7.05 Å². The molecule has 0 fully saturated rings. The third-order valence-corrected chi connectivity index (χ3v) is 2.87. The van der Waals surface area contributed by atoms with Crippen LogP contribution in [-0.4, -0.2) is 22.7 Å². The first-order chi connectivity index (χ1) is 6.72. The van der Waals surface area contributed by atoms with Crippen LogP contribution in [0.25, 0.3) is 0 Å². The minimum absolute atomic E-state index is 0.299. The number of aromatic nitrogens is 2. The Labute approximate surface area is 84.1 Å². The highest BCUT2D eigenvalue weighted by molar-refractivity contribution is 5.21. The van der Waals surface area contributed by atoms with Crippen LogP contribution in [0.4, 0.5) is 0 Å². The van der Waals surface area contributed by atoms with Crippen molar-refractivity contribution in [3.05, 3.63) is 17.2 Å². The second kappa shape index (κ2) is 3.71. The van der Waals surface area contributed by atoms with Crippen LogP contribution in [0.2, 0.25) is 0 Å². The van der Waals surface area contributed by atoms with E-state index in [1.165, 1.54) is 11.4 Å². The fraction of sp³-hybridized carbons (Fsp3) is 0.700. The Hall–Kier alpha value is -0.870. The highest BCUT2D eigenvalue weighted by atomic mass is 16.5. The molecule has 0 radical (unpaired) electrons. The summed E-state index contributed by atoms with van der Waals surface area (Å²) in [5.41, 5.74) is 8.43. The van der Waals surface area contributed by atoms with Crippen LogP contribution in [0.15, 0.2) is 0 Å². The number of aryl methyl sites for hydroxylation is 1. The predicted octanol–water partition coefficient (Wildman–Crippen LogP) is 0.383. The molecule has 1 atom stereocenters. The predicted molar refractivity (Wildman–Crippen MR) is 53.9 cm³/mol. The zero-order chi connectivity index (χ0) is 10.1. The monoisotopic (exact) mass is 195 g/mol. The van der Waals surface area contributed by atoms with Crippen LogP contribution >= 0.6 is 0 Å². The second-order valence-corrected chi connectivity index (χ2v) is 3.92. The van der Waals surface area contributed by atoms with Gasteiger partial charge in [0.25, 0.3) is 0 Å². The minimum atomic E-state index is 0.299. The van der Waals surface area contributed by atoms with Crippen molar-refractivity contribution in [2.45, 2.75) is 31.9 Å². The van der Waals surface area contributed by atoms with E-state index in [4.69, 9.17) is 10.5 Å². The number of nitrogens with zero attached hydrogens (tertiary/aromatic N) is 2. The molecule has 2 rings (SSSR count). The molecule has 1 aromatic rings. The summed E-state index contributed by atoms with van der Waals surface area (Å²) in [6.07, 6.45) is 3.01. The molecule has 0 bridgehead atoms. The van der Waals surface area contributed by atoms with Gasteiger partial charge >= 0.3 is 0 Å². The lowest BCUT2D eigenvalue weighted by Crippen LogP contribution is -2.28. The Balaban J connectivity index is 2.31. The summed E-state index contributed by atoms with van der Waals surface area (Å²) in [5, 5.41) is 0. The Morgan fingerprint density at radius 2 is 2.43 bits per heavy atom. The number of hydrogen-bond donors (Lipinski definition) is 1. The van der Waals surface area contributed by atoms with Crippen molar-refractivity contribution in [1.82, 2.24) is 9.55 Å². The van der Waals surface area contributed by atoms with E-state index in [9.17, 15) is 0 Å². The number of nitrogens with two attached hydrogens (primary N) is 1. The molecule has 1 unspecified atom stereocenters. The van der Waals surface area contributed by atoms with Gasteiger partial charge in [0.05, 0.1) is 5.69 Å². The maximum Gasteiger partial charge on any atom is 0.135 e. The summed E-state index contributed by atoms with van der Waals surface area (Å²) in [7, 11) is 3.73. The van der Waals surface area contributed by atoms with E-state index in [0.29, 0.717) is 12.6 Å². The SMILES string of the molecule is COCc1nc2c(n1C)CC(N)CC2. The highest BCUT2D eigenvalue weighted by Crippen LogP contribution is 2.20. The van der Waals surface area contributed by atoms with Crippen LogP contribution in [0.5, 0.6) is 0 Å². The molecule has 0 aromatic carbocycles. The first kappa shape index (κ1) is 9.68. The first-order valence-electron chi connectivity index (χ1n) is 5.00. The molecule has 0 spiro atoms. The maximum atomic E-state index is 5.93. The van der Waals surface area contributed by atoms with Gasteiger partial charge in [0.2, 0.25) is 0 Å². The van der Waals surface area contributed by atoms with Crippen molar-refractivity contribution in [3.63, 3.8) is 0 Å². The number of rotatable bonds is 2. The summed E-state index contributed by atoms with van der Waals surface area (Å²) in [6, 6.07) is 0.299. The summed E-state index contributed by atoms with van der Waals surface area (Å²) in [6.45, 7) is 0.582. The zero-order valence-electron chi connectivity index (χ0n) is 8.79. The second-order valence-electron chi connectivity index (χ2n) is 3.92. The molecule has 4 heteroatoms. The van der Waals surface area contributed by atoms with Crippen LogP contribution in [-0.2, 0) is 31.2 Å². The number of ether oxygens (including phenoxy) is 1. The normalized spacial score (nSPS) is 20.9. The Kier molecular flexibility index (Phi) is 2.56. The van der Waals surface area contributed by atoms with E-state index in [0.717, 1.165) is 25.1 Å². The molecule has 0 saturated carbocycles. The average Bonchev–Trinajstić information content (AvgIpc) is 2.46. The molecule has 1 heterocycles. The van der Waals surface area contributed by atoms with E-state index < -0.39 is 0 Å². The van der Waals surface area contributed by atoms with Gasteiger partial charge in [-0.3, -0.25) is 0 Å². The summed E-state index contributed by atoms with van der Waals surface area (Å²) in [4.78, 5) is 4.56. The zero-order valence-corrected chi connectivity index (χ0v) is 8.79. The molecule has 78 valence electrons. The van der Waals surface area contributed by atoms with Gasteiger partial charge in [0.15, 0.2) is 0 Å². The molecule has 14 heavy (non-hydrogen) atoms. The van der Waals surface area contributed by atoms with Crippen LogP contribution < -0.4 is 5.73 Å². The van der Waals surface area contributed by atoms with Crippen LogP contribution in [0.1, 0.15) is 23.6 Å². The van der Waals surface area contributed by atoms with E-state index in [2.05, 4.69) is 9.55 Å². The number of fused-ring (bicyclic) bond motifs is 1. The summed E-state index contributed by atoms with van der Waals surface area (Å²) in [5.74, 6) is 1.01. The van der Waals surface area contributed by atoms with Crippen molar-refractivity contribution >= 4 is 0 Å². The summed E-state index contributed by atoms with van der Waals surface area (Å²) < 4.78 is 7.22. The fourth-order valence-electron chi connectivity index (χ4n) is 2.03. The Morgan fingerprint density at radius 3 is 3.14 bits per heavy atom. The van der Waals surface area contributed by atoms with Gasteiger partial charge in [0.1, 0.15) is 12.4 Å². The van der Waals surface area contributed by atoms with Crippen LogP contribution in [0.3, 0.4) is 0 Å². The number of methoxy groups -OCH3 is 1. The van der Waals surface area contributed by atoms with Gasteiger partial charge in [-0.15, -0.1) is 0 Å². The van der Waals surface area contributed by atoms with Gasteiger partial charge in [-0.1, -0.05) is 0 Å². The molecule has 0 saturated heterocycles. The van der Waals surface area contributed by atoms with Crippen molar-refractivity contribution in [2.24, 2.45) is 12.8 Å². The molecule has 2 N–H and O–H groups in total. The quantitative estimate of drug-likeness (QED) is 0.742. The fourth-order valence-corrected chi connectivity index (χ4v) is 2.03. The maximum absolute atomic E-state index is 5.93. The van der Waals surface area contributed by atoms with Gasteiger partial charge in [-0.2, -0.15) is 0 Å². The smallest absolute Gasteiger partial charge is 0.135 e. The molecule has 1 aromatic heterocycles. The van der Waals surface area contributed by atoms with Gasteiger partial charge in [0, 0.05) is 32.3 Å². The Bertz CT molecular complexity index is 332. The Morgan fingerprint density at radius 1 is 1.64 bits per heavy atom. The van der Waals surface area contributed by atoms with E-state index >= 15 is 0 Å². The average molecular weight is 195 g/mol. The summed E-state index contributed by atoms with van der Waals surface area (Å²) >= 11 is 0. The van der Waals surface area contributed by atoms with Crippen molar-refractivity contribution in [2.75, 3.05) is 7.11 Å². The third-order valence-electron chi connectivity index (χ3n) is 2.87. The van der Waals surface area contributed by atoms with E-state index in [1.54, 1.807) is 7.11 Å². The van der Waals surface area contributed by atoms with Crippen molar-refractivity contribution in [1.29, 1.82) is 0 Å². The highest BCUT2D eigenvalue weighted by Gasteiger charge is 2.21.